The normalized spacial score (nSPS) is 10.0. The molecule has 21 heavy (non-hydrogen) atoms. The van der Waals surface area contributed by atoms with Gasteiger partial charge >= 0.3 is 11.9 Å². The van der Waals surface area contributed by atoms with Crippen molar-refractivity contribution in [3.8, 4) is 11.1 Å². The molecule has 0 bridgehead atoms. The standard InChI is InChI=1S/C16H13ClO4/c1-20-15(18)12-5-3-4-10(8-12)11-6-7-13(14(17)9-11)16(19)21-2/h3-9H,1-2H3. The summed E-state index contributed by atoms with van der Waals surface area (Å²) >= 11 is 6.09. The van der Waals surface area contributed by atoms with Gasteiger partial charge in [-0.3, -0.25) is 0 Å². The van der Waals surface area contributed by atoms with Gasteiger partial charge in [0, 0.05) is 0 Å². The summed E-state index contributed by atoms with van der Waals surface area (Å²) in [6, 6.07) is 12.0. The second-order valence-electron chi connectivity index (χ2n) is 4.26. The number of hydrogen-bond acceptors (Lipinski definition) is 4. The molecule has 0 aliphatic rings. The number of hydrogen-bond donors (Lipinski definition) is 0. The van der Waals surface area contributed by atoms with Crippen molar-refractivity contribution in [1.29, 1.82) is 0 Å². The highest BCUT2D eigenvalue weighted by Gasteiger charge is 2.12. The first-order chi connectivity index (χ1) is 10.1. The summed E-state index contributed by atoms with van der Waals surface area (Å²) in [4.78, 5) is 23.0. The van der Waals surface area contributed by atoms with Crippen LogP contribution in [0.4, 0.5) is 0 Å². The van der Waals surface area contributed by atoms with Crippen LogP contribution in [-0.4, -0.2) is 26.2 Å². The Morgan fingerprint density at radius 1 is 0.905 bits per heavy atom. The monoisotopic (exact) mass is 304 g/mol. The van der Waals surface area contributed by atoms with Crippen LogP contribution in [0.5, 0.6) is 0 Å². The number of carbonyl (C=O) groups is 2. The summed E-state index contributed by atoms with van der Waals surface area (Å²) in [6.07, 6.45) is 0. The Balaban J connectivity index is 2.41. The molecule has 0 N–H and O–H groups in total. The molecule has 2 aromatic rings. The minimum absolute atomic E-state index is 0.294. The van der Waals surface area contributed by atoms with Crippen LogP contribution in [0, 0.1) is 0 Å². The Bertz CT molecular complexity index is 694. The molecule has 0 unspecified atom stereocenters. The Morgan fingerprint density at radius 2 is 1.57 bits per heavy atom. The lowest BCUT2D eigenvalue weighted by Crippen LogP contribution is -2.02. The van der Waals surface area contributed by atoms with E-state index in [0.29, 0.717) is 16.1 Å². The summed E-state index contributed by atoms with van der Waals surface area (Å²) in [5.41, 5.74) is 2.34. The van der Waals surface area contributed by atoms with E-state index in [-0.39, 0.29) is 0 Å². The average molecular weight is 305 g/mol. The number of halogens is 1. The van der Waals surface area contributed by atoms with Crippen molar-refractivity contribution < 1.29 is 19.1 Å². The number of benzene rings is 2. The van der Waals surface area contributed by atoms with Crippen molar-refractivity contribution in [3.63, 3.8) is 0 Å². The van der Waals surface area contributed by atoms with Crippen LogP contribution in [-0.2, 0) is 9.47 Å². The Hall–Kier alpha value is -2.33. The SMILES string of the molecule is COC(=O)c1cccc(-c2ccc(C(=O)OC)c(Cl)c2)c1. The molecule has 0 aliphatic carbocycles. The van der Waals surface area contributed by atoms with E-state index < -0.39 is 11.9 Å². The first-order valence-corrected chi connectivity index (χ1v) is 6.51. The fourth-order valence-corrected chi connectivity index (χ4v) is 2.17. The van der Waals surface area contributed by atoms with Crippen molar-refractivity contribution in [2.24, 2.45) is 0 Å². The van der Waals surface area contributed by atoms with Gasteiger partial charge in [-0.15, -0.1) is 0 Å². The predicted molar refractivity (Wildman–Crippen MR) is 79.6 cm³/mol. The van der Waals surface area contributed by atoms with Crippen LogP contribution >= 0.6 is 11.6 Å². The lowest BCUT2D eigenvalue weighted by molar-refractivity contribution is 0.0592. The van der Waals surface area contributed by atoms with E-state index in [4.69, 9.17) is 11.6 Å². The molecule has 2 aromatic carbocycles. The first-order valence-electron chi connectivity index (χ1n) is 6.13. The number of ether oxygens (including phenoxy) is 2. The fourth-order valence-electron chi connectivity index (χ4n) is 1.91. The molecule has 0 amide bonds. The van der Waals surface area contributed by atoms with E-state index >= 15 is 0 Å². The molecule has 0 fully saturated rings. The van der Waals surface area contributed by atoms with Crippen molar-refractivity contribution in [1.82, 2.24) is 0 Å². The molecule has 0 heterocycles. The number of esters is 2. The molecule has 0 atom stereocenters. The highest BCUT2D eigenvalue weighted by Crippen LogP contribution is 2.27. The summed E-state index contributed by atoms with van der Waals surface area (Å²) in [5.74, 6) is -0.899. The van der Waals surface area contributed by atoms with Gasteiger partial charge in [0.25, 0.3) is 0 Å². The van der Waals surface area contributed by atoms with Gasteiger partial charge in [-0.25, -0.2) is 9.59 Å². The van der Waals surface area contributed by atoms with Crippen molar-refractivity contribution >= 4 is 23.5 Å². The van der Waals surface area contributed by atoms with Crippen LogP contribution < -0.4 is 0 Å². The molecule has 0 radical (unpaired) electrons. The summed E-state index contributed by atoms with van der Waals surface area (Å²) in [5, 5.41) is 0.294. The molecular formula is C16H13ClO4. The highest BCUT2D eigenvalue weighted by atomic mass is 35.5. The maximum atomic E-state index is 11.5. The predicted octanol–water partition coefficient (Wildman–Crippen LogP) is 3.58. The molecule has 5 heteroatoms. The maximum Gasteiger partial charge on any atom is 0.339 e. The topological polar surface area (TPSA) is 52.6 Å². The van der Waals surface area contributed by atoms with E-state index in [9.17, 15) is 9.59 Å². The smallest absolute Gasteiger partial charge is 0.339 e. The molecule has 4 nitrogen and oxygen atoms in total. The molecule has 0 aromatic heterocycles. The summed E-state index contributed by atoms with van der Waals surface area (Å²) < 4.78 is 9.33. The zero-order valence-electron chi connectivity index (χ0n) is 11.6. The van der Waals surface area contributed by atoms with Gasteiger partial charge < -0.3 is 9.47 Å². The largest absolute Gasteiger partial charge is 0.465 e. The van der Waals surface area contributed by atoms with Crippen molar-refractivity contribution in [2.75, 3.05) is 14.2 Å². The second-order valence-corrected chi connectivity index (χ2v) is 4.67. The number of methoxy groups -OCH3 is 2. The molecular weight excluding hydrogens is 292 g/mol. The van der Waals surface area contributed by atoms with Gasteiger partial charge in [-0.1, -0.05) is 29.8 Å². The van der Waals surface area contributed by atoms with Crippen LogP contribution in [0.1, 0.15) is 20.7 Å². The van der Waals surface area contributed by atoms with E-state index in [1.807, 2.05) is 6.07 Å². The van der Waals surface area contributed by atoms with Gasteiger partial charge in [-0.05, 0) is 35.4 Å². The summed E-state index contributed by atoms with van der Waals surface area (Å²) in [7, 11) is 2.63. The lowest BCUT2D eigenvalue weighted by atomic mass is 10.0. The number of carbonyl (C=O) groups excluding carboxylic acids is 2. The zero-order valence-corrected chi connectivity index (χ0v) is 12.3. The Morgan fingerprint density at radius 3 is 2.19 bits per heavy atom. The Labute approximate surface area is 127 Å². The lowest BCUT2D eigenvalue weighted by Gasteiger charge is -2.07. The average Bonchev–Trinajstić information content (AvgIpc) is 2.53. The molecule has 0 saturated heterocycles. The van der Waals surface area contributed by atoms with Crippen molar-refractivity contribution in [2.45, 2.75) is 0 Å². The van der Waals surface area contributed by atoms with Crippen LogP contribution in [0.3, 0.4) is 0 Å². The second kappa shape index (κ2) is 6.41. The van der Waals surface area contributed by atoms with E-state index in [1.54, 1.807) is 36.4 Å². The van der Waals surface area contributed by atoms with Gasteiger partial charge in [0.15, 0.2) is 0 Å². The van der Waals surface area contributed by atoms with Crippen LogP contribution in [0.15, 0.2) is 42.5 Å². The van der Waals surface area contributed by atoms with Gasteiger partial charge in [0.05, 0.1) is 30.4 Å². The van der Waals surface area contributed by atoms with Gasteiger partial charge in [0.1, 0.15) is 0 Å². The van der Waals surface area contributed by atoms with Crippen molar-refractivity contribution in [3.05, 3.63) is 58.6 Å². The van der Waals surface area contributed by atoms with Gasteiger partial charge in [0.2, 0.25) is 0 Å². The third-order valence-corrected chi connectivity index (χ3v) is 3.30. The molecule has 108 valence electrons. The minimum atomic E-state index is -0.491. The van der Waals surface area contributed by atoms with E-state index in [1.165, 1.54) is 14.2 Å². The molecule has 2 rings (SSSR count). The molecule has 0 saturated carbocycles. The fraction of sp³-hybridized carbons (Fsp3) is 0.125. The highest BCUT2D eigenvalue weighted by molar-refractivity contribution is 6.33. The molecule has 0 aliphatic heterocycles. The zero-order chi connectivity index (χ0) is 15.4. The first kappa shape index (κ1) is 15.1. The van der Waals surface area contributed by atoms with Gasteiger partial charge in [-0.2, -0.15) is 0 Å². The summed E-state index contributed by atoms with van der Waals surface area (Å²) in [6.45, 7) is 0. The number of rotatable bonds is 3. The maximum absolute atomic E-state index is 11.5. The minimum Gasteiger partial charge on any atom is -0.465 e. The molecule has 0 spiro atoms. The van der Waals surface area contributed by atoms with E-state index in [2.05, 4.69) is 9.47 Å². The van der Waals surface area contributed by atoms with E-state index in [0.717, 1.165) is 11.1 Å². The van der Waals surface area contributed by atoms with Crippen LogP contribution in [0.25, 0.3) is 11.1 Å². The third kappa shape index (κ3) is 3.23. The third-order valence-electron chi connectivity index (χ3n) is 2.99. The Kier molecular flexibility index (Phi) is 4.60. The quantitative estimate of drug-likeness (QED) is 0.813. The van der Waals surface area contributed by atoms with Crippen LogP contribution in [0.2, 0.25) is 5.02 Å².